The maximum absolute atomic E-state index is 14.3. The van der Waals surface area contributed by atoms with Gasteiger partial charge in [-0.1, -0.05) is 11.6 Å². The largest absolute Gasteiger partial charge is 0.461 e. The lowest BCUT2D eigenvalue weighted by molar-refractivity contribution is -0.122. The summed E-state index contributed by atoms with van der Waals surface area (Å²) in [6.45, 7) is 9.90. The Kier molecular flexibility index (Phi) is 5.49. The summed E-state index contributed by atoms with van der Waals surface area (Å²) in [6.07, 6.45) is 2.75. The molecule has 0 aromatic heterocycles. The Hall–Kier alpha value is -1.15. The zero-order chi connectivity index (χ0) is 21.9. The summed E-state index contributed by atoms with van der Waals surface area (Å²) >= 11 is 5.90. The highest BCUT2D eigenvalue weighted by Crippen LogP contribution is 2.50. The number of amides is 1. The molecule has 164 valence electrons. The molecule has 3 aliphatic rings. The van der Waals surface area contributed by atoms with Crippen LogP contribution >= 0.6 is 11.6 Å². The zero-order valence-corrected chi connectivity index (χ0v) is 19.3. The summed E-state index contributed by atoms with van der Waals surface area (Å²) in [5, 5.41) is 0.0655. The molecule has 3 heterocycles. The Bertz CT molecular complexity index is 826. The van der Waals surface area contributed by atoms with E-state index < -0.39 is 24.1 Å². The highest BCUT2D eigenvalue weighted by Gasteiger charge is 2.58. The first kappa shape index (κ1) is 22.1. The third kappa shape index (κ3) is 3.68. The fourth-order valence-electron chi connectivity index (χ4n) is 5.01. The first-order chi connectivity index (χ1) is 13.9. The Morgan fingerprint density at radius 3 is 2.30 bits per heavy atom. The zero-order valence-electron chi connectivity index (χ0n) is 18.5. The number of nitrogens with zero attached hydrogens (tertiary/aromatic N) is 2. The second-order valence-corrected chi connectivity index (χ2v) is 10.6. The van der Waals surface area contributed by atoms with Crippen molar-refractivity contribution in [2.24, 2.45) is 0 Å². The average Bonchev–Trinajstić information content (AvgIpc) is 2.88. The molecular formula is C22H31BClFN2O3. The molecule has 0 saturated carbocycles. The summed E-state index contributed by atoms with van der Waals surface area (Å²) in [6, 6.07) is 4.66. The Morgan fingerprint density at radius 1 is 1.13 bits per heavy atom. The molecule has 0 N–H and O–H groups in total. The lowest BCUT2D eigenvalue weighted by Crippen LogP contribution is -2.61. The van der Waals surface area contributed by atoms with Gasteiger partial charge in [-0.15, -0.1) is 0 Å². The van der Waals surface area contributed by atoms with Crippen molar-refractivity contribution < 1.29 is 18.5 Å². The van der Waals surface area contributed by atoms with Crippen molar-refractivity contribution >= 4 is 30.3 Å². The maximum atomic E-state index is 14.3. The van der Waals surface area contributed by atoms with Crippen molar-refractivity contribution in [2.45, 2.75) is 75.9 Å². The van der Waals surface area contributed by atoms with Gasteiger partial charge in [-0.3, -0.25) is 4.79 Å². The second-order valence-electron chi connectivity index (χ2n) is 10.1. The smallest absolute Gasteiger partial charge is 0.403 e. The van der Waals surface area contributed by atoms with Crippen molar-refractivity contribution in [1.29, 1.82) is 0 Å². The third-order valence-corrected chi connectivity index (χ3v) is 7.84. The van der Waals surface area contributed by atoms with E-state index in [1.165, 1.54) is 12.1 Å². The predicted molar refractivity (Wildman–Crippen MR) is 117 cm³/mol. The van der Waals surface area contributed by atoms with Gasteiger partial charge in [-0.2, -0.15) is 0 Å². The minimum atomic E-state index is -0.502. The highest BCUT2D eigenvalue weighted by molar-refractivity contribution is 6.48. The standard InChI is InChI=1S/C22H31BClFN2O3/c1-20(2)21(3,4)30-23(29-20)15-12-19(28)27(16-6-7-17(24)18(25)13-16)22(14-15)8-10-26(5)11-9-22/h6-7,13,15H,8-12,14H2,1-5H3. The molecule has 30 heavy (non-hydrogen) atoms. The minimum Gasteiger partial charge on any atom is -0.403 e. The van der Waals surface area contributed by atoms with Gasteiger partial charge in [0.05, 0.1) is 21.8 Å². The summed E-state index contributed by atoms with van der Waals surface area (Å²) < 4.78 is 26.9. The Morgan fingerprint density at radius 2 is 1.73 bits per heavy atom. The van der Waals surface area contributed by atoms with Crippen LogP contribution in [-0.2, 0) is 14.1 Å². The molecule has 1 spiro atoms. The minimum absolute atomic E-state index is 0.00719. The van der Waals surface area contributed by atoms with Crippen LogP contribution < -0.4 is 4.90 Å². The van der Waals surface area contributed by atoms with E-state index in [0.29, 0.717) is 12.1 Å². The number of piperidine rings is 2. The highest BCUT2D eigenvalue weighted by atomic mass is 35.5. The van der Waals surface area contributed by atoms with Crippen molar-refractivity contribution in [2.75, 3.05) is 25.0 Å². The molecule has 1 amide bonds. The van der Waals surface area contributed by atoms with Gasteiger partial charge in [0, 0.05) is 31.0 Å². The van der Waals surface area contributed by atoms with E-state index in [1.807, 2.05) is 32.6 Å². The fraction of sp³-hybridized carbons (Fsp3) is 0.682. The first-order valence-corrected chi connectivity index (χ1v) is 11.1. The van der Waals surface area contributed by atoms with Gasteiger partial charge in [0.1, 0.15) is 5.82 Å². The number of anilines is 1. The van der Waals surface area contributed by atoms with E-state index in [2.05, 4.69) is 11.9 Å². The summed E-state index contributed by atoms with van der Waals surface area (Å²) in [7, 11) is 1.68. The lowest BCUT2D eigenvalue weighted by atomic mass is 9.60. The molecule has 0 bridgehead atoms. The van der Waals surface area contributed by atoms with E-state index in [4.69, 9.17) is 20.9 Å². The second kappa shape index (κ2) is 7.47. The van der Waals surface area contributed by atoms with Gasteiger partial charge in [0.2, 0.25) is 5.91 Å². The predicted octanol–water partition coefficient (Wildman–Crippen LogP) is 4.53. The molecule has 0 aliphatic carbocycles. The monoisotopic (exact) mass is 436 g/mol. The van der Waals surface area contributed by atoms with E-state index >= 15 is 0 Å². The number of likely N-dealkylation sites (tertiary alicyclic amines) is 1. The van der Waals surface area contributed by atoms with E-state index in [9.17, 15) is 9.18 Å². The molecule has 1 aromatic carbocycles. The van der Waals surface area contributed by atoms with E-state index in [-0.39, 0.29) is 22.3 Å². The van der Waals surface area contributed by atoms with E-state index in [1.54, 1.807) is 6.07 Å². The van der Waals surface area contributed by atoms with Crippen LogP contribution in [0.3, 0.4) is 0 Å². The number of carbonyl (C=O) groups excluding carboxylic acids is 1. The molecule has 1 unspecified atom stereocenters. The normalized spacial score (nSPS) is 28.4. The molecule has 1 atom stereocenters. The van der Waals surface area contributed by atoms with Gasteiger partial charge in [0.25, 0.3) is 0 Å². The summed E-state index contributed by atoms with van der Waals surface area (Å²) in [5.41, 5.74) is -0.663. The van der Waals surface area contributed by atoms with Gasteiger partial charge in [0.15, 0.2) is 0 Å². The summed E-state index contributed by atoms with van der Waals surface area (Å²) in [4.78, 5) is 17.6. The Balaban J connectivity index is 1.67. The number of hydrogen-bond donors (Lipinski definition) is 0. The van der Waals surface area contributed by atoms with Crippen LogP contribution in [0.1, 0.15) is 53.4 Å². The van der Waals surface area contributed by atoms with Crippen LogP contribution in [0.2, 0.25) is 10.8 Å². The molecule has 3 saturated heterocycles. The maximum Gasteiger partial charge on any atom is 0.461 e. The molecule has 3 aliphatic heterocycles. The van der Waals surface area contributed by atoms with Gasteiger partial charge < -0.3 is 19.1 Å². The first-order valence-electron chi connectivity index (χ1n) is 10.8. The van der Waals surface area contributed by atoms with Gasteiger partial charge in [-0.05, 0) is 72.2 Å². The van der Waals surface area contributed by atoms with Crippen LogP contribution in [0, 0.1) is 5.82 Å². The van der Waals surface area contributed by atoms with Crippen LogP contribution in [0.5, 0.6) is 0 Å². The van der Waals surface area contributed by atoms with E-state index in [0.717, 1.165) is 32.4 Å². The molecule has 8 heteroatoms. The molecule has 4 rings (SSSR count). The van der Waals surface area contributed by atoms with Crippen molar-refractivity contribution in [3.63, 3.8) is 0 Å². The molecular weight excluding hydrogens is 406 g/mol. The van der Waals surface area contributed by atoms with Gasteiger partial charge in [-0.25, -0.2) is 4.39 Å². The molecule has 1 aromatic rings. The lowest BCUT2D eigenvalue weighted by Gasteiger charge is -2.53. The quantitative estimate of drug-likeness (QED) is 0.639. The number of rotatable bonds is 2. The molecule has 5 nitrogen and oxygen atoms in total. The fourth-order valence-corrected chi connectivity index (χ4v) is 5.13. The summed E-state index contributed by atoms with van der Waals surface area (Å²) in [5.74, 6) is -0.541. The topological polar surface area (TPSA) is 42.0 Å². The Labute approximate surface area is 184 Å². The van der Waals surface area contributed by atoms with Gasteiger partial charge >= 0.3 is 7.12 Å². The van der Waals surface area contributed by atoms with Crippen LogP contribution in [-0.4, -0.2) is 54.8 Å². The van der Waals surface area contributed by atoms with Crippen LogP contribution in [0.15, 0.2) is 18.2 Å². The molecule has 0 radical (unpaired) electrons. The number of halogens is 2. The van der Waals surface area contributed by atoms with Crippen LogP contribution in [0.25, 0.3) is 0 Å². The van der Waals surface area contributed by atoms with Crippen molar-refractivity contribution in [3.8, 4) is 0 Å². The third-order valence-electron chi connectivity index (χ3n) is 7.54. The number of benzene rings is 1. The number of carbonyl (C=O) groups is 1. The van der Waals surface area contributed by atoms with Crippen molar-refractivity contribution in [3.05, 3.63) is 29.0 Å². The SMILES string of the molecule is CN1CCC2(CC1)CC(B1OC(C)(C)C(C)(C)O1)CC(=O)N2c1ccc(Cl)c(F)c1. The van der Waals surface area contributed by atoms with Crippen LogP contribution in [0.4, 0.5) is 10.1 Å². The number of hydrogen-bond acceptors (Lipinski definition) is 4. The average molecular weight is 437 g/mol. The van der Waals surface area contributed by atoms with Crippen molar-refractivity contribution in [1.82, 2.24) is 4.90 Å². The molecule has 3 fully saturated rings.